The number of aromatic nitrogens is 1. The Kier molecular flexibility index (Phi) is 3.61. The van der Waals surface area contributed by atoms with Crippen molar-refractivity contribution in [1.29, 1.82) is 0 Å². The summed E-state index contributed by atoms with van der Waals surface area (Å²) in [5, 5.41) is 6.02. The summed E-state index contributed by atoms with van der Waals surface area (Å²) in [4.78, 5) is 15.4. The number of hydrogen-bond donors (Lipinski definition) is 0. The lowest BCUT2D eigenvalue weighted by atomic mass is 10.0. The average Bonchev–Trinajstić information content (AvgIpc) is 3.17. The van der Waals surface area contributed by atoms with Crippen molar-refractivity contribution >= 4 is 17.2 Å². The summed E-state index contributed by atoms with van der Waals surface area (Å²) >= 11 is 1.50. The van der Waals surface area contributed by atoms with E-state index in [1.807, 2.05) is 29.3 Å². The van der Waals surface area contributed by atoms with E-state index in [1.165, 1.54) is 11.3 Å². The Morgan fingerprint density at radius 3 is 3.15 bits per heavy atom. The Hall–Kier alpha value is -1.62. The highest BCUT2D eigenvalue weighted by molar-refractivity contribution is 7.12. The van der Waals surface area contributed by atoms with Gasteiger partial charge in [-0.1, -0.05) is 18.1 Å². The number of nitrogens with zero attached hydrogens (tertiary/aromatic N) is 2. The zero-order valence-electron chi connectivity index (χ0n) is 11.8. The zero-order chi connectivity index (χ0) is 14.1. The summed E-state index contributed by atoms with van der Waals surface area (Å²) in [6.07, 6.45) is 2.84. The van der Waals surface area contributed by atoms with Crippen LogP contribution in [-0.2, 0) is 6.42 Å². The van der Waals surface area contributed by atoms with Crippen molar-refractivity contribution in [2.24, 2.45) is 0 Å². The predicted octanol–water partition coefficient (Wildman–Crippen LogP) is 3.58. The van der Waals surface area contributed by atoms with Gasteiger partial charge < -0.3 is 9.42 Å². The van der Waals surface area contributed by atoms with Gasteiger partial charge in [-0.05, 0) is 31.2 Å². The third kappa shape index (κ3) is 2.16. The molecular formula is C15H18N2O2S. The van der Waals surface area contributed by atoms with E-state index >= 15 is 0 Å². The normalized spacial score (nSPS) is 18.7. The minimum Gasteiger partial charge on any atom is -0.361 e. The molecule has 0 saturated carbocycles. The Morgan fingerprint density at radius 2 is 2.45 bits per heavy atom. The molecule has 3 heterocycles. The maximum Gasteiger partial charge on any atom is 0.264 e. The monoisotopic (exact) mass is 290 g/mol. The van der Waals surface area contributed by atoms with E-state index in [9.17, 15) is 4.79 Å². The maximum atomic E-state index is 12.6. The standard InChI is InChI=1S/C15H18N2O2S/c1-3-12-14(10(2)16-19-12)11-6-4-8-17(11)15(18)13-7-5-9-20-13/h5,7,9,11H,3-4,6,8H2,1-2H3/t11-/m1/s1. The van der Waals surface area contributed by atoms with Crippen LogP contribution in [0.5, 0.6) is 0 Å². The van der Waals surface area contributed by atoms with Crippen LogP contribution in [0.1, 0.15) is 52.5 Å². The molecule has 0 aromatic carbocycles. The third-order valence-corrected chi connectivity index (χ3v) is 4.74. The molecule has 0 N–H and O–H groups in total. The number of likely N-dealkylation sites (tertiary alicyclic amines) is 1. The summed E-state index contributed by atoms with van der Waals surface area (Å²) in [6, 6.07) is 3.93. The van der Waals surface area contributed by atoms with Crippen molar-refractivity contribution in [2.75, 3.05) is 6.54 Å². The molecule has 1 fully saturated rings. The van der Waals surface area contributed by atoms with Gasteiger partial charge in [0, 0.05) is 18.5 Å². The summed E-state index contributed by atoms with van der Waals surface area (Å²) in [5.41, 5.74) is 2.03. The lowest BCUT2D eigenvalue weighted by molar-refractivity contribution is 0.0739. The van der Waals surface area contributed by atoms with Crippen LogP contribution < -0.4 is 0 Å². The fraction of sp³-hybridized carbons (Fsp3) is 0.467. The number of aryl methyl sites for hydroxylation is 2. The van der Waals surface area contributed by atoms with Crippen LogP contribution in [0.15, 0.2) is 22.0 Å². The van der Waals surface area contributed by atoms with Crippen molar-refractivity contribution in [2.45, 2.75) is 39.2 Å². The van der Waals surface area contributed by atoms with Gasteiger partial charge in [-0.25, -0.2) is 0 Å². The fourth-order valence-electron chi connectivity index (χ4n) is 2.96. The van der Waals surface area contributed by atoms with E-state index < -0.39 is 0 Å². The number of carbonyl (C=O) groups is 1. The highest BCUT2D eigenvalue weighted by Gasteiger charge is 2.34. The van der Waals surface area contributed by atoms with E-state index in [4.69, 9.17) is 4.52 Å². The lowest BCUT2D eigenvalue weighted by Crippen LogP contribution is -2.30. The molecule has 20 heavy (non-hydrogen) atoms. The van der Waals surface area contributed by atoms with Gasteiger partial charge in [0.25, 0.3) is 5.91 Å². The van der Waals surface area contributed by atoms with E-state index in [0.717, 1.165) is 47.7 Å². The van der Waals surface area contributed by atoms with Crippen LogP contribution >= 0.6 is 11.3 Å². The predicted molar refractivity (Wildman–Crippen MR) is 77.9 cm³/mol. The molecule has 106 valence electrons. The first-order chi connectivity index (χ1) is 9.72. The van der Waals surface area contributed by atoms with Crippen LogP contribution in [0.2, 0.25) is 0 Å². The molecule has 0 aliphatic carbocycles. The molecule has 1 aliphatic rings. The minimum atomic E-state index is 0.116. The number of rotatable bonds is 3. The molecule has 3 rings (SSSR count). The van der Waals surface area contributed by atoms with E-state index in [1.54, 1.807) is 0 Å². The summed E-state index contributed by atoms with van der Waals surface area (Å²) in [7, 11) is 0. The van der Waals surface area contributed by atoms with Gasteiger partial charge in [-0.15, -0.1) is 11.3 Å². The number of carbonyl (C=O) groups excluding carboxylic acids is 1. The van der Waals surface area contributed by atoms with Crippen molar-refractivity contribution < 1.29 is 9.32 Å². The molecular weight excluding hydrogens is 272 g/mol. The Balaban J connectivity index is 1.93. The second-order valence-corrected chi connectivity index (χ2v) is 6.04. The van der Waals surface area contributed by atoms with Crippen molar-refractivity contribution in [3.8, 4) is 0 Å². The quantitative estimate of drug-likeness (QED) is 0.868. The SMILES string of the molecule is CCc1onc(C)c1[C@H]1CCCN1C(=O)c1cccs1. The van der Waals surface area contributed by atoms with Crippen LogP contribution in [-0.4, -0.2) is 22.5 Å². The van der Waals surface area contributed by atoms with Crippen molar-refractivity contribution in [3.63, 3.8) is 0 Å². The molecule has 1 amide bonds. The first kappa shape index (κ1) is 13.4. The van der Waals surface area contributed by atoms with Gasteiger partial charge in [-0.3, -0.25) is 4.79 Å². The largest absolute Gasteiger partial charge is 0.361 e. The molecule has 0 radical (unpaired) electrons. The molecule has 1 aliphatic heterocycles. The molecule has 1 atom stereocenters. The highest BCUT2D eigenvalue weighted by Crippen LogP contribution is 2.37. The topological polar surface area (TPSA) is 46.3 Å². The number of thiophene rings is 1. The van der Waals surface area contributed by atoms with E-state index in [2.05, 4.69) is 12.1 Å². The molecule has 2 aromatic heterocycles. The molecule has 2 aromatic rings. The number of amides is 1. The first-order valence-electron chi connectivity index (χ1n) is 7.02. The second kappa shape index (κ2) is 5.40. The minimum absolute atomic E-state index is 0.116. The Bertz CT molecular complexity index is 603. The highest BCUT2D eigenvalue weighted by atomic mass is 32.1. The second-order valence-electron chi connectivity index (χ2n) is 5.09. The first-order valence-corrected chi connectivity index (χ1v) is 7.89. The molecule has 4 nitrogen and oxygen atoms in total. The van der Waals surface area contributed by atoms with Gasteiger partial charge in [-0.2, -0.15) is 0 Å². The van der Waals surface area contributed by atoms with Crippen LogP contribution in [0, 0.1) is 6.92 Å². The lowest BCUT2D eigenvalue weighted by Gasteiger charge is -2.24. The Morgan fingerprint density at radius 1 is 1.60 bits per heavy atom. The van der Waals surface area contributed by atoms with Crippen LogP contribution in [0.4, 0.5) is 0 Å². The molecule has 0 spiro atoms. The van der Waals surface area contributed by atoms with Gasteiger partial charge in [0.05, 0.1) is 16.6 Å². The molecule has 1 saturated heterocycles. The van der Waals surface area contributed by atoms with Gasteiger partial charge in [0.1, 0.15) is 5.76 Å². The van der Waals surface area contributed by atoms with Gasteiger partial charge in [0.15, 0.2) is 0 Å². The third-order valence-electron chi connectivity index (χ3n) is 3.88. The molecule has 0 bridgehead atoms. The number of hydrogen-bond acceptors (Lipinski definition) is 4. The van der Waals surface area contributed by atoms with Crippen LogP contribution in [0.3, 0.4) is 0 Å². The summed E-state index contributed by atoms with van der Waals surface area (Å²) < 4.78 is 5.39. The fourth-order valence-corrected chi connectivity index (χ4v) is 3.64. The maximum absolute atomic E-state index is 12.6. The van der Waals surface area contributed by atoms with E-state index in [0.29, 0.717) is 0 Å². The van der Waals surface area contributed by atoms with Crippen molar-refractivity contribution in [3.05, 3.63) is 39.4 Å². The summed E-state index contributed by atoms with van der Waals surface area (Å²) in [5.74, 6) is 1.04. The van der Waals surface area contributed by atoms with E-state index in [-0.39, 0.29) is 11.9 Å². The smallest absolute Gasteiger partial charge is 0.264 e. The van der Waals surface area contributed by atoms with Crippen LogP contribution in [0.25, 0.3) is 0 Å². The average molecular weight is 290 g/mol. The summed E-state index contributed by atoms with van der Waals surface area (Å²) in [6.45, 7) is 4.84. The van der Waals surface area contributed by atoms with Gasteiger partial charge >= 0.3 is 0 Å². The molecule has 5 heteroatoms. The van der Waals surface area contributed by atoms with Gasteiger partial charge in [0.2, 0.25) is 0 Å². The molecule has 0 unspecified atom stereocenters. The zero-order valence-corrected chi connectivity index (χ0v) is 12.6. The Labute approximate surface area is 122 Å². The van der Waals surface area contributed by atoms with Crippen molar-refractivity contribution in [1.82, 2.24) is 10.1 Å².